The van der Waals surface area contributed by atoms with E-state index in [0.29, 0.717) is 18.8 Å². The molecule has 2 rings (SSSR count). The predicted molar refractivity (Wildman–Crippen MR) is 71.2 cm³/mol. The van der Waals surface area contributed by atoms with Gasteiger partial charge in [0.05, 0.1) is 5.54 Å². The Bertz CT molecular complexity index is 492. The molecule has 0 aromatic carbocycles. The molecule has 1 fully saturated rings. The van der Waals surface area contributed by atoms with Crippen LogP contribution in [0.2, 0.25) is 0 Å². The van der Waals surface area contributed by atoms with Crippen LogP contribution < -0.4 is 5.73 Å². The first-order valence-corrected chi connectivity index (χ1v) is 7.23. The Morgan fingerprint density at radius 2 is 1.86 bits per heavy atom. The fraction of sp³-hybridized carbons (Fsp3) is 0.857. The van der Waals surface area contributed by atoms with E-state index in [2.05, 4.69) is 35.4 Å². The highest BCUT2D eigenvalue weighted by atomic mass is 19.4. The first-order valence-electron chi connectivity index (χ1n) is 7.23. The molecule has 1 heterocycles. The van der Waals surface area contributed by atoms with E-state index in [1.54, 1.807) is 0 Å². The highest BCUT2D eigenvalue weighted by Crippen LogP contribution is 2.42. The van der Waals surface area contributed by atoms with E-state index in [-0.39, 0.29) is 11.2 Å². The summed E-state index contributed by atoms with van der Waals surface area (Å²) >= 11 is 0. The molecule has 120 valence electrons. The quantitative estimate of drug-likeness (QED) is 0.800. The van der Waals surface area contributed by atoms with Crippen LogP contribution in [0.5, 0.6) is 0 Å². The molecule has 0 saturated heterocycles. The van der Waals surface area contributed by atoms with Gasteiger partial charge in [-0.1, -0.05) is 32.3 Å². The molecule has 7 heteroatoms. The zero-order valence-corrected chi connectivity index (χ0v) is 12.6. The maximum absolute atomic E-state index is 12.6. The molecule has 0 radical (unpaired) electrons. The highest BCUT2D eigenvalue weighted by molar-refractivity contribution is 5.06. The third-order valence-electron chi connectivity index (χ3n) is 4.45. The van der Waals surface area contributed by atoms with Crippen molar-refractivity contribution in [3.8, 4) is 0 Å². The molecule has 21 heavy (non-hydrogen) atoms. The lowest BCUT2D eigenvalue weighted by molar-refractivity contribution is -0.159. The standard InChI is InChI=1S/C14H22F3N3O/c1-12(2,3)9-5-4-7-13(18,8-6-9)10-19-11(21-20-10)14(15,16)17/h9H,4-8,18H2,1-3H3. The van der Waals surface area contributed by atoms with E-state index < -0.39 is 17.6 Å². The summed E-state index contributed by atoms with van der Waals surface area (Å²) in [5.41, 5.74) is 5.53. The van der Waals surface area contributed by atoms with Gasteiger partial charge in [-0.3, -0.25) is 0 Å². The SMILES string of the molecule is CC(C)(C)C1CCCC(N)(c2noc(C(F)(F)F)n2)CC1. The molecule has 1 saturated carbocycles. The van der Waals surface area contributed by atoms with Crippen molar-refractivity contribution in [3.05, 3.63) is 11.7 Å². The van der Waals surface area contributed by atoms with E-state index in [1.165, 1.54) is 0 Å². The largest absolute Gasteiger partial charge is 0.471 e. The Morgan fingerprint density at radius 3 is 2.38 bits per heavy atom. The van der Waals surface area contributed by atoms with Crippen molar-refractivity contribution in [1.82, 2.24) is 10.1 Å². The Balaban J connectivity index is 2.17. The number of aromatic nitrogens is 2. The molecular weight excluding hydrogens is 283 g/mol. The smallest absolute Gasteiger partial charge is 0.329 e. The average molecular weight is 305 g/mol. The van der Waals surface area contributed by atoms with Crippen LogP contribution in [-0.4, -0.2) is 10.1 Å². The van der Waals surface area contributed by atoms with Crippen molar-refractivity contribution in [2.45, 2.75) is 64.6 Å². The van der Waals surface area contributed by atoms with Crippen molar-refractivity contribution in [3.63, 3.8) is 0 Å². The van der Waals surface area contributed by atoms with Crippen molar-refractivity contribution in [2.24, 2.45) is 17.1 Å². The van der Waals surface area contributed by atoms with Gasteiger partial charge in [-0.05, 0) is 37.0 Å². The Labute approximate surface area is 122 Å². The average Bonchev–Trinajstić information content (AvgIpc) is 2.74. The van der Waals surface area contributed by atoms with E-state index in [1.807, 2.05) is 0 Å². The minimum atomic E-state index is -4.62. The van der Waals surface area contributed by atoms with Gasteiger partial charge in [-0.2, -0.15) is 18.2 Å². The molecule has 1 aliphatic carbocycles. The molecule has 0 bridgehead atoms. The molecule has 0 amide bonds. The molecule has 1 aliphatic rings. The molecule has 4 nitrogen and oxygen atoms in total. The summed E-state index contributed by atoms with van der Waals surface area (Å²) in [6.07, 6.45) is -0.737. The first-order chi connectivity index (χ1) is 9.52. The number of rotatable bonds is 1. The normalized spacial score (nSPS) is 28.4. The van der Waals surface area contributed by atoms with E-state index in [9.17, 15) is 13.2 Å². The van der Waals surface area contributed by atoms with Crippen LogP contribution in [0.1, 0.15) is 64.6 Å². The molecule has 0 spiro atoms. The van der Waals surface area contributed by atoms with Crippen LogP contribution in [0.15, 0.2) is 4.52 Å². The summed E-state index contributed by atoms with van der Waals surface area (Å²) in [5, 5.41) is 3.48. The zero-order chi connectivity index (χ0) is 15.9. The molecule has 0 aliphatic heterocycles. The number of nitrogens with two attached hydrogens (primary N) is 1. The second kappa shape index (κ2) is 5.26. The molecule has 1 aromatic heterocycles. The van der Waals surface area contributed by atoms with Crippen LogP contribution in [0.25, 0.3) is 0 Å². The summed E-state index contributed by atoms with van der Waals surface area (Å²) in [5.74, 6) is -0.847. The lowest BCUT2D eigenvalue weighted by Gasteiger charge is -2.30. The lowest BCUT2D eigenvalue weighted by Crippen LogP contribution is -2.37. The summed E-state index contributed by atoms with van der Waals surface area (Å²) in [4.78, 5) is 3.48. The van der Waals surface area contributed by atoms with Gasteiger partial charge in [0.15, 0.2) is 5.82 Å². The van der Waals surface area contributed by atoms with Gasteiger partial charge < -0.3 is 10.3 Å². The Morgan fingerprint density at radius 1 is 1.19 bits per heavy atom. The van der Waals surface area contributed by atoms with Gasteiger partial charge >= 0.3 is 12.1 Å². The number of nitrogens with zero attached hydrogens (tertiary/aromatic N) is 2. The number of alkyl halides is 3. The molecule has 2 N–H and O–H groups in total. The number of hydrogen-bond donors (Lipinski definition) is 1. The number of hydrogen-bond acceptors (Lipinski definition) is 4. The van der Waals surface area contributed by atoms with Crippen molar-refractivity contribution < 1.29 is 17.7 Å². The first kappa shape index (κ1) is 16.3. The molecule has 1 aromatic rings. The van der Waals surface area contributed by atoms with Crippen LogP contribution in [-0.2, 0) is 11.7 Å². The topological polar surface area (TPSA) is 64.9 Å². The molecular formula is C14H22F3N3O. The Kier molecular flexibility index (Phi) is 4.08. The van der Waals surface area contributed by atoms with Gasteiger partial charge in [0.1, 0.15) is 0 Å². The minimum Gasteiger partial charge on any atom is -0.329 e. The van der Waals surface area contributed by atoms with Crippen LogP contribution in [0.4, 0.5) is 13.2 Å². The predicted octanol–water partition coefficient (Wildman–Crippen LogP) is 3.87. The zero-order valence-electron chi connectivity index (χ0n) is 12.6. The van der Waals surface area contributed by atoms with Gasteiger partial charge in [0.2, 0.25) is 0 Å². The third kappa shape index (κ3) is 3.56. The minimum absolute atomic E-state index is 0.0237. The van der Waals surface area contributed by atoms with Crippen LogP contribution >= 0.6 is 0 Å². The van der Waals surface area contributed by atoms with Gasteiger partial charge in [0, 0.05) is 0 Å². The third-order valence-corrected chi connectivity index (χ3v) is 4.45. The van der Waals surface area contributed by atoms with E-state index >= 15 is 0 Å². The second-order valence-electron chi connectivity index (χ2n) is 7.07. The van der Waals surface area contributed by atoms with Crippen molar-refractivity contribution in [1.29, 1.82) is 0 Å². The van der Waals surface area contributed by atoms with Crippen molar-refractivity contribution in [2.75, 3.05) is 0 Å². The fourth-order valence-electron chi connectivity index (χ4n) is 3.00. The highest BCUT2D eigenvalue weighted by Gasteiger charge is 2.43. The van der Waals surface area contributed by atoms with Crippen LogP contribution in [0.3, 0.4) is 0 Å². The maximum Gasteiger partial charge on any atom is 0.471 e. The monoisotopic (exact) mass is 305 g/mol. The summed E-state index contributed by atoms with van der Waals surface area (Å²) in [6, 6.07) is 0. The summed E-state index contributed by atoms with van der Waals surface area (Å²) < 4.78 is 42.0. The summed E-state index contributed by atoms with van der Waals surface area (Å²) in [7, 11) is 0. The Hall–Kier alpha value is -1.11. The second-order valence-corrected chi connectivity index (χ2v) is 7.07. The van der Waals surface area contributed by atoms with Crippen molar-refractivity contribution >= 4 is 0 Å². The summed E-state index contributed by atoms with van der Waals surface area (Å²) in [6.45, 7) is 6.53. The maximum atomic E-state index is 12.6. The molecule has 2 unspecified atom stereocenters. The van der Waals surface area contributed by atoms with Gasteiger partial charge in [-0.15, -0.1) is 0 Å². The fourth-order valence-corrected chi connectivity index (χ4v) is 3.00. The van der Waals surface area contributed by atoms with Crippen LogP contribution in [0, 0.1) is 11.3 Å². The van der Waals surface area contributed by atoms with Gasteiger partial charge in [0.25, 0.3) is 0 Å². The lowest BCUT2D eigenvalue weighted by atomic mass is 9.76. The van der Waals surface area contributed by atoms with E-state index in [4.69, 9.17) is 5.73 Å². The van der Waals surface area contributed by atoms with E-state index in [0.717, 1.165) is 19.3 Å². The molecule has 2 atom stereocenters. The van der Waals surface area contributed by atoms with Gasteiger partial charge in [-0.25, -0.2) is 0 Å². The number of halogens is 3.